The van der Waals surface area contributed by atoms with Crippen LogP contribution in [0.2, 0.25) is 0 Å². The summed E-state index contributed by atoms with van der Waals surface area (Å²) >= 11 is 1.63. The smallest absolute Gasteiger partial charge is 0.227 e. The van der Waals surface area contributed by atoms with Crippen molar-refractivity contribution in [1.29, 1.82) is 0 Å². The SMILES string of the molecule is Cn1cnc2c1[C@@H](COCC1CC1)CN(C(=O)Cc1ccsc1)C2. The molecule has 128 valence electrons. The predicted octanol–water partition coefficient (Wildman–Crippen LogP) is 2.58. The second kappa shape index (κ2) is 6.69. The van der Waals surface area contributed by atoms with Gasteiger partial charge in [-0.2, -0.15) is 11.3 Å². The molecular weight excluding hydrogens is 322 g/mol. The largest absolute Gasteiger partial charge is 0.380 e. The number of imidazole rings is 1. The Morgan fingerprint density at radius 2 is 2.29 bits per heavy atom. The number of carbonyl (C=O) groups is 1. The molecule has 1 atom stereocenters. The molecule has 1 saturated carbocycles. The molecule has 1 amide bonds. The van der Waals surface area contributed by atoms with E-state index in [-0.39, 0.29) is 11.8 Å². The van der Waals surface area contributed by atoms with Crippen LogP contribution in [0.1, 0.15) is 35.7 Å². The van der Waals surface area contributed by atoms with Crippen LogP contribution in [-0.4, -0.2) is 40.1 Å². The first-order valence-electron chi connectivity index (χ1n) is 8.57. The molecule has 2 aliphatic rings. The normalized spacial score (nSPS) is 20.2. The molecule has 0 unspecified atom stereocenters. The zero-order valence-corrected chi connectivity index (χ0v) is 14.8. The van der Waals surface area contributed by atoms with Gasteiger partial charge in [-0.1, -0.05) is 0 Å². The van der Waals surface area contributed by atoms with Gasteiger partial charge in [0.05, 0.1) is 31.6 Å². The summed E-state index contributed by atoms with van der Waals surface area (Å²) in [5, 5.41) is 4.06. The van der Waals surface area contributed by atoms with Crippen LogP contribution in [0.25, 0.3) is 0 Å². The molecule has 5 nitrogen and oxygen atoms in total. The van der Waals surface area contributed by atoms with Crippen LogP contribution in [0.3, 0.4) is 0 Å². The van der Waals surface area contributed by atoms with Crippen LogP contribution in [0.15, 0.2) is 23.2 Å². The van der Waals surface area contributed by atoms with Gasteiger partial charge in [-0.05, 0) is 41.1 Å². The Hall–Kier alpha value is -1.66. The molecular formula is C18H23N3O2S. The van der Waals surface area contributed by atoms with Crippen molar-refractivity contribution < 1.29 is 9.53 Å². The number of thiophene rings is 1. The van der Waals surface area contributed by atoms with Crippen molar-refractivity contribution in [3.63, 3.8) is 0 Å². The molecule has 0 aromatic carbocycles. The summed E-state index contributed by atoms with van der Waals surface area (Å²) in [6, 6.07) is 2.02. The molecule has 1 aliphatic heterocycles. The fraction of sp³-hybridized carbons (Fsp3) is 0.556. The lowest BCUT2D eigenvalue weighted by molar-refractivity contribution is -0.132. The third-order valence-electron chi connectivity index (χ3n) is 4.89. The Kier molecular flexibility index (Phi) is 4.41. The van der Waals surface area contributed by atoms with E-state index in [2.05, 4.69) is 9.55 Å². The average molecular weight is 345 g/mol. The van der Waals surface area contributed by atoms with E-state index in [4.69, 9.17) is 4.74 Å². The predicted molar refractivity (Wildman–Crippen MR) is 92.9 cm³/mol. The Labute approximate surface area is 146 Å². The number of fused-ring (bicyclic) bond motifs is 1. The molecule has 2 aromatic heterocycles. The summed E-state index contributed by atoms with van der Waals surface area (Å²) in [4.78, 5) is 19.1. The Morgan fingerprint density at radius 1 is 1.42 bits per heavy atom. The fourth-order valence-corrected chi connectivity index (χ4v) is 4.06. The maximum absolute atomic E-state index is 12.7. The number of ether oxygens (including phenoxy) is 1. The molecule has 4 rings (SSSR count). The van der Waals surface area contributed by atoms with Gasteiger partial charge in [0.15, 0.2) is 0 Å². The molecule has 6 heteroatoms. The zero-order chi connectivity index (χ0) is 16.5. The number of amides is 1. The molecule has 0 saturated heterocycles. The highest BCUT2D eigenvalue weighted by Crippen LogP contribution is 2.31. The molecule has 0 bridgehead atoms. The van der Waals surface area contributed by atoms with Crippen LogP contribution in [0.5, 0.6) is 0 Å². The molecule has 0 radical (unpaired) electrons. The fourth-order valence-electron chi connectivity index (χ4n) is 3.39. The molecule has 1 aliphatic carbocycles. The van der Waals surface area contributed by atoms with E-state index in [1.54, 1.807) is 11.3 Å². The van der Waals surface area contributed by atoms with Crippen LogP contribution in [-0.2, 0) is 29.5 Å². The minimum atomic E-state index is 0.178. The van der Waals surface area contributed by atoms with Gasteiger partial charge < -0.3 is 14.2 Å². The minimum Gasteiger partial charge on any atom is -0.380 e. The first-order chi connectivity index (χ1) is 11.7. The van der Waals surface area contributed by atoms with Gasteiger partial charge in [0.1, 0.15) is 0 Å². The van der Waals surface area contributed by atoms with Crippen molar-refractivity contribution in [3.05, 3.63) is 40.1 Å². The van der Waals surface area contributed by atoms with E-state index in [1.165, 1.54) is 18.5 Å². The number of aromatic nitrogens is 2. The number of rotatable bonds is 6. The number of carbonyl (C=O) groups excluding carboxylic acids is 1. The number of hydrogen-bond donors (Lipinski definition) is 0. The van der Waals surface area contributed by atoms with Gasteiger partial charge in [0, 0.05) is 31.8 Å². The van der Waals surface area contributed by atoms with E-state index in [0.717, 1.165) is 30.3 Å². The van der Waals surface area contributed by atoms with Crippen LogP contribution < -0.4 is 0 Å². The number of hydrogen-bond acceptors (Lipinski definition) is 4. The van der Waals surface area contributed by atoms with E-state index in [9.17, 15) is 4.79 Å². The molecule has 24 heavy (non-hydrogen) atoms. The van der Waals surface area contributed by atoms with E-state index in [0.29, 0.717) is 19.6 Å². The van der Waals surface area contributed by atoms with Gasteiger partial charge in [-0.3, -0.25) is 4.79 Å². The van der Waals surface area contributed by atoms with Crippen molar-refractivity contribution >= 4 is 17.2 Å². The third-order valence-corrected chi connectivity index (χ3v) is 5.62. The van der Waals surface area contributed by atoms with Crippen LogP contribution >= 0.6 is 11.3 Å². The van der Waals surface area contributed by atoms with Crippen molar-refractivity contribution in [2.75, 3.05) is 19.8 Å². The lowest BCUT2D eigenvalue weighted by atomic mass is 9.98. The van der Waals surface area contributed by atoms with Gasteiger partial charge >= 0.3 is 0 Å². The standard InChI is InChI=1S/C18H23N3O2S/c1-20-12-19-16-8-21(17(22)6-14-4-5-24-11-14)7-15(18(16)20)10-23-9-13-2-3-13/h4-5,11-13,15H,2-3,6-10H2,1H3/t15-/m1/s1. The van der Waals surface area contributed by atoms with E-state index in [1.807, 2.05) is 35.1 Å². The summed E-state index contributed by atoms with van der Waals surface area (Å²) in [5.74, 6) is 1.15. The van der Waals surface area contributed by atoms with E-state index >= 15 is 0 Å². The summed E-state index contributed by atoms with van der Waals surface area (Å²) in [7, 11) is 2.03. The number of nitrogens with zero attached hydrogens (tertiary/aromatic N) is 3. The first-order valence-corrected chi connectivity index (χ1v) is 9.51. The minimum absolute atomic E-state index is 0.178. The molecule has 0 spiro atoms. The Balaban J connectivity index is 1.45. The van der Waals surface area contributed by atoms with Gasteiger partial charge in [0.2, 0.25) is 5.91 Å². The van der Waals surface area contributed by atoms with Gasteiger partial charge in [0.25, 0.3) is 0 Å². The Bertz CT molecular complexity index is 706. The van der Waals surface area contributed by atoms with Crippen molar-refractivity contribution in [2.24, 2.45) is 13.0 Å². The van der Waals surface area contributed by atoms with E-state index < -0.39 is 0 Å². The Morgan fingerprint density at radius 3 is 3.04 bits per heavy atom. The van der Waals surface area contributed by atoms with Crippen molar-refractivity contribution in [3.8, 4) is 0 Å². The maximum Gasteiger partial charge on any atom is 0.227 e. The van der Waals surface area contributed by atoms with Crippen molar-refractivity contribution in [1.82, 2.24) is 14.5 Å². The summed E-state index contributed by atoms with van der Waals surface area (Å²) in [6.45, 7) is 2.86. The van der Waals surface area contributed by atoms with Crippen LogP contribution in [0.4, 0.5) is 0 Å². The molecule has 3 heterocycles. The highest BCUT2D eigenvalue weighted by Gasteiger charge is 2.32. The summed E-state index contributed by atoms with van der Waals surface area (Å²) < 4.78 is 8.02. The lowest BCUT2D eigenvalue weighted by Crippen LogP contribution is -2.41. The maximum atomic E-state index is 12.7. The monoisotopic (exact) mass is 345 g/mol. The molecule has 2 aromatic rings. The second-order valence-corrected chi connectivity index (χ2v) is 7.73. The molecule has 1 fully saturated rings. The third kappa shape index (κ3) is 3.39. The second-order valence-electron chi connectivity index (χ2n) is 6.95. The topological polar surface area (TPSA) is 47.4 Å². The highest BCUT2D eigenvalue weighted by molar-refractivity contribution is 7.07. The lowest BCUT2D eigenvalue weighted by Gasteiger charge is -2.33. The molecule has 0 N–H and O–H groups in total. The quantitative estimate of drug-likeness (QED) is 0.808. The number of aryl methyl sites for hydroxylation is 1. The van der Waals surface area contributed by atoms with Crippen LogP contribution in [0, 0.1) is 5.92 Å². The van der Waals surface area contributed by atoms with Gasteiger partial charge in [-0.15, -0.1) is 0 Å². The average Bonchev–Trinajstić information content (AvgIpc) is 3.10. The first kappa shape index (κ1) is 15.8. The summed E-state index contributed by atoms with van der Waals surface area (Å²) in [6.07, 6.45) is 4.92. The zero-order valence-electron chi connectivity index (χ0n) is 14.0. The van der Waals surface area contributed by atoms with Gasteiger partial charge in [-0.25, -0.2) is 4.98 Å². The highest BCUT2D eigenvalue weighted by atomic mass is 32.1. The van der Waals surface area contributed by atoms with Crippen molar-refractivity contribution in [2.45, 2.75) is 31.7 Å². The summed E-state index contributed by atoms with van der Waals surface area (Å²) in [5.41, 5.74) is 3.34.